The number of oxime groups is 1. The summed E-state index contributed by atoms with van der Waals surface area (Å²) in [5, 5.41) is 19.3. The molecule has 4 heterocycles. The first-order valence-corrected chi connectivity index (χ1v) is 11.0. The molecule has 31 heavy (non-hydrogen) atoms. The van der Waals surface area contributed by atoms with Crippen LogP contribution in [-0.2, 0) is 24.0 Å². The van der Waals surface area contributed by atoms with Crippen LogP contribution < -0.4 is 45.7 Å². The Bertz CT molecular complexity index is 961. The van der Waals surface area contributed by atoms with Gasteiger partial charge in [-0.15, -0.1) is 23.1 Å². The van der Waals surface area contributed by atoms with Gasteiger partial charge in [0.05, 0.1) is 17.8 Å². The topological polar surface area (TPSA) is 159 Å². The van der Waals surface area contributed by atoms with Crippen LogP contribution in [0, 0.1) is 0 Å². The van der Waals surface area contributed by atoms with E-state index in [1.54, 1.807) is 5.38 Å². The Labute approximate surface area is 207 Å². The van der Waals surface area contributed by atoms with Crippen LogP contribution in [0.4, 0.5) is 5.13 Å². The van der Waals surface area contributed by atoms with Gasteiger partial charge in [0.2, 0.25) is 0 Å². The van der Waals surface area contributed by atoms with Gasteiger partial charge >= 0.3 is 29.6 Å². The van der Waals surface area contributed by atoms with Crippen LogP contribution in [0.2, 0.25) is 0 Å². The maximum absolute atomic E-state index is 12.8. The number of carboxylic acids is 1. The summed E-state index contributed by atoms with van der Waals surface area (Å²) < 4.78 is 5.60. The number of rotatable bonds is 6. The molecule has 0 aromatic carbocycles. The molecule has 3 atom stereocenters. The first kappa shape index (κ1) is 24.0. The largest absolute Gasteiger partial charge is 1.00 e. The maximum Gasteiger partial charge on any atom is 1.00 e. The number of carbonyl (C=O) groups excluding carboxylic acids is 3. The molecule has 14 heteroatoms. The SMILES string of the molecule is CON=C(C(=O)NC1C(=O)N2C(C(=O)[O-])=C(C3CCCO3)CSC12)c1csc(N)n1.[Na+]. The van der Waals surface area contributed by atoms with Crippen LogP contribution in [0.15, 0.2) is 21.8 Å². The number of thiazole rings is 1. The number of nitrogen functional groups attached to an aromatic ring is 1. The van der Waals surface area contributed by atoms with Crippen molar-refractivity contribution >= 4 is 51.7 Å². The Morgan fingerprint density at radius 3 is 2.84 bits per heavy atom. The van der Waals surface area contributed by atoms with Crippen molar-refractivity contribution in [2.24, 2.45) is 5.16 Å². The molecule has 0 radical (unpaired) electrons. The quantitative estimate of drug-likeness (QED) is 0.179. The Kier molecular flexibility index (Phi) is 7.65. The average Bonchev–Trinajstić information content (AvgIpc) is 3.40. The number of β-lactam (4-membered cyclic amide) rings is 1. The van der Waals surface area contributed by atoms with Crippen LogP contribution in [0.25, 0.3) is 0 Å². The fraction of sp³-hybridized carbons (Fsp3) is 0.471. The summed E-state index contributed by atoms with van der Waals surface area (Å²) in [7, 11) is 1.28. The van der Waals surface area contributed by atoms with E-state index in [1.807, 2.05) is 0 Å². The molecule has 3 unspecified atom stereocenters. The van der Waals surface area contributed by atoms with Gasteiger partial charge in [0.1, 0.15) is 24.2 Å². The van der Waals surface area contributed by atoms with Gasteiger partial charge in [-0.25, -0.2) is 4.98 Å². The molecule has 2 amide bonds. The first-order chi connectivity index (χ1) is 14.4. The molecule has 0 spiro atoms. The number of ether oxygens (including phenoxy) is 1. The van der Waals surface area contributed by atoms with Crippen molar-refractivity contribution in [2.75, 3.05) is 25.2 Å². The minimum atomic E-state index is -1.43. The number of carboxylic acid groups (broad SMARTS) is 1. The Balaban J connectivity index is 0.00000272. The van der Waals surface area contributed by atoms with Gasteiger partial charge in [-0.2, -0.15) is 0 Å². The van der Waals surface area contributed by atoms with Gasteiger partial charge in [0.15, 0.2) is 10.8 Å². The third kappa shape index (κ3) is 4.47. The molecular formula is C17H18N5NaO6S2. The Morgan fingerprint density at radius 2 is 2.26 bits per heavy atom. The van der Waals surface area contributed by atoms with Gasteiger partial charge in [-0.3, -0.25) is 14.5 Å². The number of thioether (sulfide) groups is 1. The summed E-state index contributed by atoms with van der Waals surface area (Å²) in [4.78, 5) is 47.2. The Hall–Kier alpha value is -1.64. The fourth-order valence-electron chi connectivity index (χ4n) is 3.63. The second-order valence-electron chi connectivity index (χ2n) is 6.72. The molecule has 2 saturated heterocycles. The molecule has 1 aromatic rings. The summed E-state index contributed by atoms with van der Waals surface area (Å²) in [5.74, 6) is -2.27. The van der Waals surface area contributed by atoms with Gasteiger partial charge in [0.25, 0.3) is 11.8 Å². The summed E-state index contributed by atoms with van der Waals surface area (Å²) in [6.45, 7) is 0.554. The third-order valence-electron chi connectivity index (χ3n) is 4.96. The molecule has 2 fully saturated rings. The van der Waals surface area contributed by atoms with E-state index in [0.29, 0.717) is 24.4 Å². The van der Waals surface area contributed by atoms with E-state index in [-0.39, 0.29) is 57.9 Å². The number of anilines is 1. The standard InChI is InChI=1S/C17H19N5O6S2.Na/c1-27-21-10(8-6-30-17(18)19-8)13(23)20-11-14(24)22-12(16(25)26)7(5-29-15(11)22)9-3-2-4-28-9;/h6,9,11,15H,2-5H2,1H3,(H2,18,19)(H,20,23)(H,25,26);/q;+1/p-1. The Morgan fingerprint density at radius 1 is 1.48 bits per heavy atom. The number of carbonyl (C=O) groups is 3. The minimum Gasteiger partial charge on any atom is -0.543 e. The summed E-state index contributed by atoms with van der Waals surface area (Å²) in [5.41, 5.74) is 6.09. The second kappa shape index (κ2) is 9.88. The molecule has 3 aliphatic rings. The van der Waals surface area contributed by atoms with E-state index in [0.717, 1.165) is 17.8 Å². The van der Waals surface area contributed by atoms with Crippen molar-refractivity contribution in [2.45, 2.75) is 30.4 Å². The van der Waals surface area contributed by atoms with E-state index < -0.39 is 29.2 Å². The van der Waals surface area contributed by atoms with Gasteiger partial charge in [-0.05, 0) is 18.4 Å². The molecule has 0 saturated carbocycles. The predicted molar refractivity (Wildman–Crippen MR) is 106 cm³/mol. The smallest absolute Gasteiger partial charge is 0.543 e. The normalized spacial score (nSPS) is 25.5. The van der Waals surface area contributed by atoms with Crippen molar-refractivity contribution in [1.82, 2.24) is 15.2 Å². The average molecular weight is 475 g/mol. The molecule has 0 bridgehead atoms. The number of nitrogens with two attached hydrogens (primary N) is 1. The van der Waals surface area contributed by atoms with E-state index in [9.17, 15) is 19.5 Å². The van der Waals surface area contributed by atoms with Crippen molar-refractivity contribution in [3.63, 3.8) is 0 Å². The predicted octanol–water partition coefficient (Wildman–Crippen LogP) is -4.34. The number of nitrogens with zero attached hydrogens (tertiary/aromatic N) is 3. The van der Waals surface area contributed by atoms with Gasteiger partial charge in [-0.1, -0.05) is 5.16 Å². The molecular weight excluding hydrogens is 457 g/mol. The molecule has 3 N–H and O–H groups in total. The number of aliphatic carboxylic acids is 1. The molecule has 160 valence electrons. The zero-order valence-corrected chi connectivity index (χ0v) is 20.5. The zero-order chi connectivity index (χ0) is 21.4. The fourth-order valence-corrected chi connectivity index (χ4v) is 5.59. The van der Waals surface area contributed by atoms with Gasteiger partial charge < -0.3 is 30.5 Å². The number of fused-ring (bicyclic) bond motifs is 1. The van der Waals surface area contributed by atoms with Crippen molar-refractivity contribution in [3.05, 3.63) is 22.3 Å². The first-order valence-electron chi connectivity index (χ1n) is 9.06. The number of amides is 2. The molecule has 1 aromatic heterocycles. The number of hydrogen-bond donors (Lipinski definition) is 2. The zero-order valence-electron chi connectivity index (χ0n) is 16.8. The maximum atomic E-state index is 12.8. The summed E-state index contributed by atoms with van der Waals surface area (Å²) in [6.07, 6.45) is 1.20. The van der Waals surface area contributed by atoms with E-state index in [4.69, 9.17) is 15.3 Å². The van der Waals surface area contributed by atoms with E-state index >= 15 is 0 Å². The molecule has 11 nitrogen and oxygen atoms in total. The van der Waals surface area contributed by atoms with E-state index in [1.165, 1.54) is 23.8 Å². The van der Waals surface area contributed by atoms with Crippen LogP contribution in [0.3, 0.4) is 0 Å². The van der Waals surface area contributed by atoms with Crippen molar-refractivity contribution < 1.29 is 58.6 Å². The second-order valence-corrected chi connectivity index (χ2v) is 8.71. The summed E-state index contributed by atoms with van der Waals surface area (Å²) in [6, 6.07) is -0.916. The number of hydrogen-bond acceptors (Lipinski definition) is 11. The number of nitrogens with one attached hydrogen (secondary N) is 1. The van der Waals surface area contributed by atoms with Gasteiger partial charge in [0, 0.05) is 17.7 Å². The van der Waals surface area contributed by atoms with Crippen LogP contribution >= 0.6 is 23.1 Å². The summed E-state index contributed by atoms with van der Waals surface area (Å²) >= 11 is 2.49. The molecule has 4 rings (SSSR count). The van der Waals surface area contributed by atoms with E-state index in [2.05, 4.69) is 15.5 Å². The van der Waals surface area contributed by atoms with Crippen molar-refractivity contribution in [1.29, 1.82) is 0 Å². The molecule has 3 aliphatic heterocycles. The number of aromatic nitrogens is 1. The van der Waals surface area contributed by atoms with Crippen LogP contribution in [0.1, 0.15) is 18.5 Å². The van der Waals surface area contributed by atoms with Crippen molar-refractivity contribution in [3.8, 4) is 0 Å². The van der Waals surface area contributed by atoms with Crippen LogP contribution in [-0.4, -0.2) is 70.4 Å². The minimum absolute atomic E-state index is 0. The monoisotopic (exact) mass is 475 g/mol. The molecule has 0 aliphatic carbocycles. The third-order valence-corrected chi connectivity index (χ3v) is 6.93. The van der Waals surface area contributed by atoms with Crippen LogP contribution in [0.5, 0.6) is 0 Å².